The van der Waals surface area contributed by atoms with Gasteiger partial charge in [0.2, 0.25) is 5.91 Å². The number of likely N-dealkylation sites (tertiary alicyclic amines) is 1. The van der Waals surface area contributed by atoms with E-state index >= 15 is 0 Å². The summed E-state index contributed by atoms with van der Waals surface area (Å²) in [6.45, 7) is 2.84. The fourth-order valence-corrected chi connectivity index (χ4v) is 2.45. The van der Waals surface area contributed by atoms with Crippen molar-refractivity contribution in [2.45, 2.75) is 31.9 Å². The fraction of sp³-hybridized carbons (Fsp3) is 0.909. The Morgan fingerprint density at radius 3 is 2.87 bits per heavy atom. The number of nitrogens with zero attached hydrogens (tertiary/aromatic N) is 1. The predicted molar refractivity (Wildman–Crippen MR) is 56.3 cm³/mol. The third-order valence-electron chi connectivity index (χ3n) is 3.32. The molecule has 0 aromatic rings. The number of amides is 1. The molecule has 0 saturated carbocycles. The summed E-state index contributed by atoms with van der Waals surface area (Å²) in [6, 6.07) is 0. The lowest BCUT2D eigenvalue weighted by molar-refractivity contribution is -0.138. The number of hydrogen-bond donors (Lipinski definition) is 1. The molecule has 2 rings (SSSR count). The van der Waals surface area contributed by atoms with Gasteiger partial charge in [0.1, 0.15) is 6.17 Å². The van der Waals surface area contributed by atoms with Gasteiger partial charge < -0.3 is 10.2 Å². The van der Waals surface area contributed by atoms with Crippen LogP contribution in [0, 0.1) is 5.92 Å². The van der Waals surface area contributed by atoms with E-state index in [0.29, 0.717) is 13.0 Å². The van der Waals surface area contributed by atoms with Gasteiger partial charge in [-0.1, -0.05) is 0 Å². The topological polar surface area (TPSA) is 32.3 Å². The smallest absolute Gasteiger partial charge is 0.227 e. The molecule has 2 atom stereocenters. The first-order valence-electron chi connectivity index (χ1n) is 5.91. The Balaban J connectivity index is 1.88. The lowest BCUT2D eigenvalue weighted by Crippen LogP contribution is -2.47. The highest BCUT2D eigenvalue weighted by Crippen LogP contribution is 2.18. The first-order valence-corrected chi connectivity index (χ1v) is 5.91. The van der Waals surface area contributed by atoms with Crippen LogP contribution in [0.5, 0.6) is 0 Å². The maximum absolute atomic E-state index is 13.2. The Morgan fingerprint density at radius 2 is 2.20 bits per heavy atom. The third kappa shape index (κ3) is 2.68. The van der Waals surface area contributed by atoms with Gasteiger partial charge in [-0.3, -0.25) is 4.79 Å². The van der Waals surface area contributed by atoms with Gasteiger partial charge in [-0.15, -0.1) is 0 Å². The van der Waals surface area contributed by atoms with Crippen LogP contribution in [0.3, 0.4) is 0 Å². The molecule has 2 saturated heterocycles. The monoisotopic (exact) mass is 214 g/mol. The van der Waals surface area contributed by atoms with E-state index in [1.165, 1.54) is 0 Å². The molecule has 0 spiro atoms. The molecule has 2 aliphatic rings. The van der Waals surface area contributed by atoms with Gasteiger partial charge in [-0.2, -0.15) is 0 Å². The van der Waals surface area contributed by atoms with Crippen molar-refractivity contribution >= 4 is 5.91 Å². The van der Waals surface area contributed by atoms with E-state index in [4.69, 9.17) is 0 Å². The number of piperidine rings is 2. The maximum Gasteiger partial charge on any atom is 0.227 e. The third-order valence-corrected chi connectivity index (χ3v) is 3.32. The summed E-state index contributed by atoms with van der Waals surface area (Å²) in [6.07, 6.45) is 2.64. The summed E-state index contributed by atoms with van der Waals surface area (Å²) in [5.41, 5.74) is 0. The van der Waals surface area contributed by atoms with E-state index in [9.17, 15) is 9.18 Å². The second kappa shape index (κ2) is 4.92. The van der Waals surface area contributed by atoms with Crippen LogP contribution in [0.15, 0.2) is 0 Å². The molecule has 86 valence electrons. The van der Waals surface area contributed by atoms with Crippen molar-refractivity contribution < 1.29 is 9.18 Å². The highest BCUT2D eigenvalue weighted by Gasteiger charge is 2.29. The summed E-state index contributed by atoms with van der Waals surface area (Å²) >= 11 is 0. The van der Waals surface area contributed by atoms with Crippen molar-refractivity contribution in [1.29, 1.82) is 0 Å². The van der Waals surface area contributed by atoms with Gasteiger partial charge in [0.25, 0.3) is 0 Å². The summed E-state index contributed by atoms with van der Waals surface area (Å²) in [7, 11) is 0. The summed E-state index contributed by atoms with van der Waals surface area (Å²) in [4.78, 5) is 13.7. The number of carbonyl (C=O) groups excluding carboxylic acids is 1. The molecule has 0 aliphatic carbocycles. The minimum Gasteiger partial charge on any atom is -0.340 e. The molecule has 3 nitrogen and oxygen atoms in total. The molecule has 4 heteroatoms. The standard InChI is InChI=1S/C11H19FN2O/c12-10-4-2-6-14(8-10)11(15)9-3-1-5-13-7-9/h9-10,13H,1-8H2/t9-,10+/m1/s1. The van der Waals surface area contributed by atoms with Crippen LogP contribution in [-0.4, -0.2) is 43.2 Å². The van der Waals surface area contributed by atoms with Gasteiger partial charge in [-0.05, 0) is 32.2 Å². The fourth-order valence-electron chi connectivity index (χ4n) is 2.45. The highest BCUT2D eigenvalue weighted by atomic mass is 19.1. The van der Waals surface area contributed by atoms with Crippen molar-refractivity contribution in [3.05, 3.63) is 0 Å². The molecule has 1 N–H and O–H groups in total. The largest absolute Gasteiger partial charge is 0.340 e. The number of carbonyl (C=O) groups is 1. The van der Waals surface area contributed by atoms with E-state index in [2.05, 4.69) is 5.32 Å². The molecule has 0 bridgehead atoms. The van der Waals surface area contributed by atoms with Crippen LogP contribution in [0.2, 0.25) is 0 Å². The SMILES string of the molecule is O=C([C@@H]1CCCNC1)N1CCC[C@H](F)C1. The Hall–Kier alpha value is -0.640. The minimum atomic E-state index is -0.806. The van der Waals surface area contributed by atoms with Crippen molar-refractivity contribution in [1.82, 2.24) is 10.2 Å². The predicted octanol–water partition coefficient (Wildman–Crippen LogP) is 0.946. The van der Waals surface area contributed by atoms with Gasteiger partial charge in [-0.25, -0.2) is 4.39 Å². The van der Waals surface area contributed by atoms with Gasteiger partial charge in [0.05, 0.1) is 12.5 Å². The molecule has 15 heavy (non-hydrogen) atoms. The maximum atomic E-state index is 13.2. The number of nitrogens with one attached hydrogen (secondary N) is 1. The van der Waals surface area contributed by atoms with Gasteiger partial charge in [0.15, 0.2) is 0 Å². The van der Waals surface area contributed by atoms with Crippen molar-refractivity contribution in [2.24, 2.45) is 5.92 Å². The van der Waals surface area contributed by atoms with E-state index in [1.807, 2.05) is 0 Å². The molecular formula is C11H19FN2O. The van der Waals surface area contributed by atoms with Crippen LogP contribution < -0.4 is 5.32 Å². The molecule has 2 heterocycles. The minimum absolute atomic E-state index is 0.0871. The Bertz CT molecular complexity index is 229. The molecule has 2 fully saturated rings. The average Bonchev–Trinajstić information content (AvgIpc) is 2.29. The number of hydrogen-bond acceptors (Lipinski definition) is 2. The van der Waals surface area contributed by atoms with Crippen LogP contribution >= 0.6 is 0 Å². The van der Waals surface area contributed by atoms with E-state index < -0.39 is 6.17 Å². The van der Waals surface area contributed by atoms with E-state index in [0.717, 1.165) is 38.9 Å². The van der Waals surface area contributed by atoms with Crippen molar-refractivity contribution in [3.63, 3.8) is 0 Å². The molecule has 0 aromatic carbocycles. The Kier molecular flexibility index (Phi) is 3.57. The van der Waals surface area contributed by atoms with Gasteiger partial charge >= 0.3 is 0 Å². The second-order valence-corrected chi connectivity index (χ2v) is 4.57. The number of rotatable bonds is 1. The lowest BCUT2D eigenvalue weighted by Gasteiger charge is -2.33. The average molecular weight is 214 g/mol. The molecule has 2 aliphatic heterocycles. The van der Waals surface area contributed by atoms with Crippen molar-refractivity contribution in [2.75, 3.05) is 26.2 Å². The van der Waals surface area contributed by atoms with Crippen LogP contribution in [-0.2, 0) is 4.79 Å². The summed E-state index contributed by atoms with van der Waals surface area (Å²) in [5, 5.41) is 3.22. The zero-order chi connectivity index (χ0) is 10.7. The molecule has 1 amide bonds. The number of halogens is 1. The van der Waals surface area contributed by atoms with Crippen LogP contribution in [0.4, 0.5) is 4.39 Å². The highest BCUT2D eigenvalue weighted by molar-refractivity contribution is 5.79. The van der Waals surface area contributed by atoms with Gasteiger partial charge in [0, 0.05) is 13.1 Å². The number of alkyl halides is 1. The van der Waals surface area contributed by atoms with E-state index in [1.54, 1.807) is 4.90 Å². The Morgan fingerprint density at radius 1 is 1.33 bits per heavy atom. The molecule has 0 aromatic heterocycles. The molecular weight excluding hydrogens is 195 g/mol. The van der Waals surface area contributed by atoms with Crippen molar-refractivity contribution in [3.8, 4) is 0 Å². The first-order chi connectivity index (χ1) is 7.27. The zero-order valence-corrected chi connectivity index (χ0v) is 9.04. The van der Waals surface area contributed by atoms with E-state index in [-0.39, 0.29) is 11.8 Å². The lowest BCUT2D eigenvalue weighted by atomic mass is 9.97. The van der Waals surface area contributed by atoms with Crippen LogP contribution in [0.1, 0.15) is 25.7 Å². The normalized spacial score (nSPS) is 32.7. The summed E-state index contributed by atoms with van der Waals surface area (Å²) in [5.74, 6) is 0.244. The Labute approximate surface area is 90.0 Å². The second-order valence-electron chi connectivity index (χ2n) is 4.57. The quantitative estimate of drug-likeness (QED) is 0.704. The molecule has 0 unspecified atom stereocenters. The molecule has 0 radical (unpaired) electrons. The van der Waals surface area contributed by atoms with Crippen LogP contribution in [0.25, 0.3) is 0 Å². The zero-order valence-electron chi connectivity index (χ0n) is 9.04. The first kappa shape index (κ1) is 10.9. The summed E-state index contributed by atoms with van der Waals surface area (Å²) < 4.78 is 13.2.